The lowest BCUT2D eigenvalue weighted by Crippen LogP contribution is -2.50. The van der Waals surface area contributed by atoms with Crippen LogP contribution in [0.25, 0.3) is 11.1 Å². The van der Waals surface area contributed by atoms with Crippen molar-refractivity contribution in [3.8, 4) is 22.6 Å². The maximum absolute atomic E-state index is 13.6. The van der Waals surface area contributed by atoms with Crippen molar-refractivity contribution in [3.05, 3.63) is 76.4 Å². The van der Waals surface area contributed by atoms with Gasteiger partial charge in [0.25, 0.3) is 5.91 Å². The molecule has 9 heteroatoms. The number of pyridine rings is 1. The maximum Gasteiger partial charge on any atom is 0.339 e. The molecule has 3 heterocycles. The number of esters is 1. The summed E-state index contributed by atoms with van der Waals surface area (Å²) in [6, 6.07) is 12.3. The van der Waals surface area contributed by atoms with Gasteiger partial charge in [-0.15, -0.1) is 0 Å². The summed E-state index contributed by atoms with van der Waals surface area (Å²) in [5, 5.41) is 0. The fraction of sp³-hybridized carbons (Fsp3) is 0.424. The Bertz CT molecular complexity index is 1420. The normalized spacial score (nSPS) is 15.8. The van der Waals surface area contributed by atoms with Gasteiger partial charge in [0.05, 0.1) is 48.4 Å². The second-order valence-corrected chi connectivity index (χ2v) is 10.7. The van der Waals surface area contributed by atoms with Crippen LogP contribution in [0.4, 0.5) is 4.39 Å². The highest BCUT2D eigenvalue weighted by molar-refractivity contribution is 6.00. The Balaban J connectivity index is 1.29. The van der Waals surface area contributed by atoms with Crippen molar-refractivity contribution in [3.63, 3.8) is 0 Å². The lowest BCUT2D eigenvalue weighted by Gasteiger charge is -2.40. The highest BCUT2D eigenvalue weighted by Crippen LogP contribution is 2.40. The minimum Gasteiger partial charge on any atom is -0.493 e. The first-order chi connectivity index (χ1) is 20.3. The molecule has 8 nitrogen and oxygen atoms in total. The van der Waals surface area contributed by atoms with Crippen LogP contribution in [0.15, 0.2) is 42.5 Å². The zero-order chi connectivity index (χ0) is 29.8. The molecule has 2 aliphatic rings. The van der Waals surface area contributed by atoms with E-state index in [9.17, 15) is 14.0 Å². The first-order valence-electron chi connectivity index (χ1n) is 14.6. The van der Waals surface area contributed by atoms with E-state index in [1.54, 1.807) is 25.1 Å². The highest BCUT2D eigenvalue weighted by Gasteiger charge is 2.34. The summed E-state index contributed by atoms with van der Waals surface area (Å²) in [5.41, 5.74) is 4.91. The van der Waals surface area contributed by atoms with Gasteiger partial charge in [-0.1, -0.05) is 12.1 Å². The molecule has 1 aromatic heterocycles. The van der Waals surface area contributed by atoms with Gasteiger partial charge >= 0.3 is 5.97 Å². The van der Waals surface area contributed by atoms with Crippen molar-refractivity contribution < 1.29 is 28.2 Å². The quantitative estimate of drug-likeness (QED) is 0.314. The summed E-state index contributed by atoms with van der Waals surface area (Å²) in [7, 11) is 1.33. The van der Waals surface area contributed by atoms with E-state index in [4.69, 9.17) is 14.2 Å². The van der Waals surface area contributed by atoms with Gasteiger partial charge in [0.2, 0.25) is 0 Å². The molecule has 222 valence electrons. The highest BCUT2D eigenvalue weighted by atomic mass is 19.1. The largest absolute Gasteiger partial charge is 0.493 e. The molecule has 0 N–H and O–H groups in total. The topological polar surface area (TPSA) is 81.2 Å². The molecular formula is C33H38FN3O5. The number of amides is 1. The third-order valence-corrected chi connectivity index (χ3v) is 8.04. The monoisotopic (exact) mass is 575 g/mol. The van der Waals surface area contributed by atoms with E-state index in [0.29, 0.717) is 54.5 Å². The number of carbonyl (C=O) groups is 2. The second-order valence-electron chi connectivity index (χ2n) is 10.7. The van der Waals surface area contributed by atoms with Crippen LogP contribution in [0.2, 0.25) is 0 Å². The van der Waals surface area contributed by atoms with E-state index in [1.807, 2.05) is 18.7 Å². The SMILES string of the molecule is CCOc1cc(CN2CCC(N3CCc4nc(C)c(C(=O)OC)cc4C3=O)CC2)cc(OCC)c1-c1ccc(F)cc1. The van der Waals surface area contributed by atoms with Gasteiger partial charge in [-0.3, -0.25) is 14.7 Å². The fourth-order valence-electron chi connectivity index (χ4n) is 6.00. The van der Waals surface area contributed by atoms with Crippen molar-refractivity contribution in [2.24, 2.45) is 0 Å². The fourth-order valence-corrected chi connectivity index (χ4v) is 6.00. The summed E-state index contributed by atoms with van der Waals surface area (Å²) in [6.45, 7) is 9.68. The Morgan fingerprint density at radius 2 is 1.64 bits per heavy atom. The first-order valence-corrected chi connectivity index (χ1v) is 14.6. The van der Waals surface area contributed by atoms with Crippen molar-refractivity contribution in [2.75, 3.05) is 40.0 Å². The minimum atomic E-state index is -0.480. The van der Waals surface area contributed by atoms with Crippen molar-refractivity contribution in [1.29, 1.82) is 0 Å². The number of piperidine rings is 1. The number of benzene rings is 2. The molecule has 0 saturated carbocycles. The predicted molar refractivity (Wildman–Crippen MR) is 158 cm³/mol. The van der Waals surface area contributed by atoms with E-state index >= 15 is 0 Å². The van der Waals surface area contributed by atoms with E-state index in [1.165, 1.54) is 19.2 Å². The van der Waals surface area contributed by atoms with Gasteiger partial charge in [-0.2, -0.15) is 0 Å². The van der Waals surface area contributed by atoms with Gasteiger partial charge in [0.15, 0.2) is 0 Å². The number of aryl methyl sites for hydroxylation is 1. The molecule has 3 aromatic rings. The van der Waals surface area contributed by atoms with Crippen LogP contribution < -0.4 is 9.47 Å². The third kappa shape index (κ3) is 6.11. The molecule has 0 unspecified atom stereocenters. The molecule has 2 aliphatic heterocycles. The lowest BCUT2D eigenvalue weighted by atomic mass is 9.95. The number of fused-ring (bicyclic) bond motifs is 1. The Morgan fingerprint density at radius 3 is 2.24 bits per heavy atom. The molecular weight excluding hydrogens is 537 g/mol. The van der Waals surface area contributed by atoms with Crippen molar-refractivity contribution >= 4 is 11.9 Å². The number of halogens is 1. The molecule has 1 fully saturated rings. The van der Waals surface area contributed by atoms with Crippen molar-refractivity contribution in [1.82, 2.24) is 14.8 Å². The Labute approximate surface area is 246 Å². The Morgan fingerprint density at radius 1 is 1.00 bits per heavy atom. The van der Waals surface area contributed by atoms with Crippen LogP contribution in [0.1, 0.15) is 64.4 Å². The number of likely N-dealkylation sites (tertiary alicyclic amines) is 1. The number of carbonyl (C=O) groups excluding carboxylic acids is 2. The van der Waals surface area contributed by atoms with Crippen LogP contribution in [0.3, 0.4) is 0 Å². The predicted octanol–water partition coefficient (Wildman–Crippen LogP) is 5.44. The number of methoxy groups -OCH3 is 1. The average Bonchev–Trinajstić information content (AvgIpc) is 2.98. The molecule has 0 spiro atoms. The Kier molecular flexibility index (Phi) is 9.06. The smallest absolute Gasteiger partial charge is 0.339 e. The number of ether oxygens (including phenoxy) is 3. The van der Waals surface area contributed by atoms with Gasteiger partial charge in [-0.25, -0.2) is 9.18 Å². The maximum atomic E-state index is 13.6. The molecule has 0 atom stereocenters. The van der Waals surface area contributed by atoms with Crippen LogP contribution in [-0.2, 0) is 17.7 Å². The summed E-state index contributed by atoms with van der Waals surface area (Å²) in [4.78, 5) is 34.6. The van der Waals surface area contributed by atoms with E-state index < -0.39 is 5.97 Å². The zero-order valence-corrected chi connectivity index (χ0v) is 24.7. The Hall–Kier alpha value is -3.98. The van der Waals surface area contributed by atoms with E-state index in [2.05, 4.69) is 22.0 Å². The summed E-state index contributed by atoms with van der Waals surface area (Å²) in [6.07, 6.45) is 2.38. The van der Waals surface area contributed by atoms with Crippen LogP contribution in [0, 0.1) is 12.7 Å². The van der Waals surface area contributed by atoms with Gasteiger partial charge in [-0.05, 0) is 75.1 Å². The molecule has 1 saturated heterocycles. The third-order valence-electron chi connectivity index (χ3n) is 8.04. The van der Waals surface area contributed by atoms with Crippen molar-refractivity contribution in [2.45, 2.75) is 52.6 Å². The summed E-state index contributed by atoms with van der Waals surface area (Å²) in [5.74, 6) is 0.599. The van der Waals surface area contributed by atoms with Gasteiger partial charge in [0, 0.05) is 38.6 Å². The number of nitrogens with zero attached hydrogens (tertiary/aromatic N) is 3. The zero-order valence-electron chi connectivity index (χ0n) is 24.7. The number of aromatic nitrogens is 1. The molecule has 5 rings (SSSR count). The molecule has 0 bridgehead atoms. The molecule has 1 amide bonds. The van der Waals surface area contributed by atoms with Crippen LogP contribution in [0.5, 0.6) is 11.5 Å². The lowest BCUT2D eigenvalue weighted by molar-refractivity contribution is 0.0543. The van der Waals surface area contributed by atoms with Gasteiger partial charge in [0.1, 0.15) is 17.3 Å². The first kappa shape index (κ1) is 29.5. The summed E-state index contributed by atoms with van der Waals surface area (Å²) < 4.78 is 30.6. The van der Waals surface area contributed by atoms with Gasteiger partial charge < -0.3 is 19.1 Å². The molecule has 0 radical (unpaired) electrons. The van der Waals surface area contributed by atoms with Crippen LogP contribution in [-0.4, -0.2) is 72.7 Å². The molecule has 42 heavy (non-hydrogen) atoms. The second kappa shape index (κ2) is 12.9. The minimum absolute atomic E-state index is 0.0635. The van der Waals surface area contributed by atoms with Crippen LogP contribution >= 0.6 is 0 Å². The van der Waals surface area contributed by atoms with E-state index in [0.717, 1.165) is 54.9 Å². The summed E-state index contributed by atoms with van der Waals surface area (Å²) >= 11 is 0. The molecule has 0 aliphatic carbocycles. The number of hydrogen-bond donors (Lipinski definition) is 0. The van der Waals surface area contributed by atoms with E-state index in [-0.39, 0.29) is 17.8 Å². The number of hydrogen-bond acceptors (Lipinski definition) is 7. The average molecular weight is 576 g/mol. The standard InChI is InChI=1S/C33H38FN3O5/c1-5-41-29-17-22(18-30(42-6-2)31(29)23-7-9-24(34)10-8-23)20-36-14-11-25(12-15-36)37-16-13-28-27(32(37)38)19-26(21(3)35-28)33(39)40-4/h7-10,17-19,25H,5-6,11-16,20H2,1-4H3. The number of rotatable bonds is 9. The molecule has 2 aromatic carbocycles.